The Balaban J connectivity index is 2.01. The van der Waals surface area contributed by atoms with E-state index in [9.17, 15) is 9.59 Å². The highest BCUT2D eigenvalue weighted by molar-refractivity contribution is 7.98. The van der Waals surface area contributed by atoms with Gasteiger partial charge in [-0.15, -0.1) is 11.8 Å². The highest BCUT2D eigenvalue weighted by Crippen LogP contribution is 2.26. The Labute approximate surface area is 130 Å². The third-order valence-electron chi connectivity index (χ3n) is 3.93. The van der Waals surface area contributed by atoms with Gasteiger partial charge in [-0.1, -0.05) is 18.2 Å². The molecular formula is C16H22N2O2S. The van der Waals surface area contributed by atoms with Crippen LogP contribution in [0.15, 0.2) is 29.2 Å². The van der Waals surface area contributed by atoms with Gasteiger partial charge in [0.05, 0.1) is 12.0 Å². The van der Waals surface area contributed by atoms with E-state index in [-0.39, 0.29) is 23.8 Å². The molecule has 1 aliphatic heterocycles. The maximum atomic E-state index is 12.3. The lowest BCUT2D eigenvalue weighted by Crippen LogP contribution is -2.34. The predicted molar refractivity (Wildman–Crippen MR) is 85.1 cm³/mol. The summed E-state index contributed by atoms with van der Waals surface area (Å²) < 4.78 is 0. The van der Waals surface area contributed by atoms with Gasteiger partial charge in [-0.2, -0.15) is 0 Å². The van der Waals surface area contributed by atoms with Crippen LogP contribution in [-0.2, 0) is 9.59 Å². The number of amides is 2. The Kier molecular flexibility index (Phi) is 5.28. The SMILES string of the molecule is CCN1CC(C(=O)N[C@H](C)c2ccccc2SC)CC1=O. The summed E-state index contributed by atoms with van der Waals surface area (Å²) in [6.45, 7) is 5.14. The molecule has 0 radical (unpaired) electrons. The highest BCUT2D eigenvalue weighted by Gasteiger charge is 2.33. The van der Waals surface area contributed by atoms with Gasteiger partial charge in [0.2, 0.25) is 11.8 Å². The van der Waals surface area contributed by atoms with E-state index >= 15 is 0 Å². The van der Waals surface area contributed by atoms with Gasteiger partial charge in [0, 0.05) is 24.4 Å². The Hall–Kier alpha value is -1.49. The second-order valence-corrected chi connectivity index (χ2v) is 6.15. The predicted octanol–water partition coefficient (Wildman–Crippen LogP) is 2.45. The molecule has 1 unspecified atom stereocenters. The lowest BCUT2D eigenvalue weighted by molar-refractivity contribution is -0.129. The van der Waals surface area contributed by atoms with Gasteiger partial charge in [0.15, 0.2) is 0 Å². The second kappa shape index (κ2) is 6.98. The van der Waals surface area contributed by atoms with Crippen molar-refractivity contribution < 1.29 is 9.59 Å². The third kappa shape index (κ3) is 3.59. The molecule has 1 aromatic carbocycles. The summed E-state index contributed by atoms with van der Waals surface area (Å²) in [7, 11) is 0. The van der Waals surface area contributed by atoms with Crippen molar-refractivity contribution >= 4 is 23.6 Å². The van der Waals surface area contributed by atoms with E-state index < -0.39 is 0 Å². The zero-order chi connectivity index (χ0) is 15.4. The number of nitrogens with one attached hydrogen (secondary N) is 1. The van der Waals surface area contributed by atoms with Crippen LogP contribution >= 0.6 is 11.8 Å². The molecule has 1 N–H and O–H groups in total. The molecule has 2 amide bonds. The number of benzene rings is 1. The minimum absolute atomic E-state index is 0.0253. The average Bonchev–Trinajstić information content (AvgIpc) is 2.88. The largest absolute Gasteiger partial charge is 0.349 e. The summed E-state index contributed by atoms with van der Waals surface area (Å²) in [6, 6.07) is 8.02. The fourth-order valence-electron chi connectivity index (χ4n) is 2.69. The quantitative estimate of drug-likeness (QED) is 0.850. The first kappa shape index (κ1) is 15.9. The number of carbonyl (C=O) groups is 2. The molecule has 0 aromatic heterocycles. The van der Waals surface area contributed by atoms with E-state index in [0.717, 1.165) is 5.56 Å². The van der Waals surface area contributed by atoms with Crippen LogP contribution < -0.4 is 5.32 Å². The van der Waals surface area contributed by atoms with Crippen LogP contribution in [0, 0.1) is 5.92 Å². The van der Waals surface area contributed by atoms with Crippen molar-refractivity contribution in [2.24, 2.45) is 5.92 Å². The van der Waals surface area contributed by atoms with Crippen molar-refractivity contribution in [3.05, 3.63) is 29.8 Å². The summed E-state index contributed by atoms with van der Waals surface area (Å²) in [4.78, 5) is 27.0. The number of nitrogens with zero attached hydrogens (tertiary/aromatic N) is 1. The Morgan fingerprint density at radius 1 is 1.48 bits per heavy atom. The van der Waals surface area contributed by atoms with Crippen LogP contribution in [0.1, 0.15) is 31.9 Å². The maximum absolute atomic E-state index is 12.3. The molecule has 21 heavy (non-hydrogen) atoms. The molecule has 1 aromatic rings. The summed E-state index contributed by atoms with van der Waals surface area (Å²) in [5.74, 6) is -0.168. The van der Waals surface area contributed by atoms with Gasteiger partial charge in [0.1, 0.15) is 0 Å². The van der Waals surface area contributed by atoms with Crippen molar-refractivity contribution in [1.82, 2.24) is 10.2 Å². The number of carbonyl (C=O) groups excluding carboxylic acids is 2. The molecule has 2 rings (SSSR count). The summed E-state index contributed by atoms with van der Waals surface area (Å²) in [5, 5.41) is 3.05. The highest BCUT2D eigenvalue weighted by atomic mass is 32.2. The van der Waals surface area contributed by atoms with Crippen molar-refractivity contribution in [3.8, 4) is 0 Å². The fraction of sp³-hybridized carbons (Fsp3) is 0.500. The van der Waals surface area contributed by atoms with E-state index in [0.29, 0.717) is 19.5 Å². The van der Waals surface area contributed by atoms with Gasteiger partial charge in [0.25, 0.3) is 0 Å². The standard InChI is InChI=1S/C16H22N2O2S/c1-4-18-10-12(9-15(18)19)16(20)17-11(2)13-7-5-6-8-14(13)21-3/h5-8,11-12H,4,9-10H2,1-3H3,(H,17,20)/t11-,12?/m1/s1. The maximum Gasteiger partial charge on any atom is 0.225 e. The fourth-order valence-corrected chi connectivity index (χ4v) is 3.38. The number of thioether (sulfide) groups is 1. The van der Waals surface area contributed by atoms with Gasteiger partial charge in [-0.3, -0.25) is 9.59 Å². The van der Waals surface area contributed by atoms with Crippen molar-refractivity contribution in [3.63, 3.8) is 0 Å². The molecule has 4 nitrogen and oxygen atoms in total. The van der Waals surface area contributed by atoms with Crippen LogP contribution in [0.25, 0.3) is 0 Å². The Morgan fingerprint density at radius 2 is 2.19 bits per heavy atom. The smallest absolute Gasteiger partial charge is 0.225 e. The van der Waals surface area contributed by atoms with Crippen molar-refractivity contribution in [2.45, 2.75) is 31.2 Å². The van der Waals surface area contributed by atoms with E-state index in [1.165, 1.54) is 4.90 Å². The molecule has 0 saturated carbocycles. The first-order valence-corrected chi connectivity index (χ1v) is 8.50. The minimum atomic E-state index is -0.221. The van der Waals surface area contributed by atoms with Crippen molar-refractivity contribution in [1.29, 1.82) is 0 Å². The van der Waals surface area contributed by atoms with Gasteiger partial charge in [-0.25, -0.2) is 0 Å². The Morgan fingerprint density at radius 3 is 2.81 bits per heavy atom. The molecular weight excluding hydrogens is 284 g/mol. The lowest BCUT2D eigenvalue weighted by atomic mass is 10.0. The van der Waals surface area contributed by atoms with E-state index in [1.54, 1.807) is 16.7 Å². The van der Waals surface area contributed by atoms with Gasteiger partial charge < -0.3 is 10.2 Å². The number of likely N-dealkylation sites (tertiary alicyclic amines) is 1. The van der Waals surface area contributed by atoms with Crippen LogP contribution in [0.5, 0.6) is 0 Å². The molecule has 1 aliphatic rings. The van der Waals surface area contributed by atoms with E-state index in [1.807, 2.05) is 38.3 Å². The zero-order valence-corrected chi connectivity index (χ0v) is 13.6. The number of rotatable bonds is 5. The average molecular weight is 306 g/mol. The third-order valence-corrected chi connectivity index (χ3v) is 4.74. The molecule has 0 bridgehead atoms. The molecule has 5 heteroatoms. The van der Waals surface area contributed by atoms with E-state index in [2.05, 4.69) is 11.4 Å². The lowest BCUT2D eigenvalue weighted by Gasteiger charge is -2.19. The molecule has 0 spiro atoms. The molecule has 1 heterocycles. The minimum Gasteiger partial charge on any atom is -0.349 e. The van der Waals surface area contributed by atoms with Crippen molar-refractivity contribution in [2.75, 3.05) is 19.3 Å². The first-order valence-electron chi connectivity index (χ1n) is 7.27. The first-order chi connectivity index (χ1) is 10.1. The zero-order valence-electron chi connectivity index (χ0n) is 12.8. The summed E-state index contributed by atoms with van der Waals surface area (Å²) in [5.41, 5.74) is 1.12. The molecule has 1 saturated heterocycles. The monoisotopic (exact) mass is 306 g/mol. The van der Waals surface area contributed by atoms with E-state index in [4.69, 9.17) is 0 Å². The summed E-state index contributed by atoms with van der Waals surface area (Å²) in [6.07, 6.45) is 2.36. The normalized spacial score (nSPS) is 19.7. The van der Waals surface area contributed by atoms with Crippen LogP contribution in [0.4, 0.5) is 0 Å². The second-order valence-electron chi connectivity index (χ2n) is 5.31. The van der Waals surface area contributed by atoms with Crippen LogP contribution in [-0.4, -0.2) is 36.1 Å². The van der Waals surface area contributed by atoms with Gasteiger partial charge in [-0.05, 0) is 31.7 Å². The number of hydrogen-bond acceptors (Lipinski definition) is 3. The Bertz CT molecular complexity index is 533. The molecule has 0 aliphatic carbocycles. The van der Waals surface area contributed by atoms with Crippen LogP contribution in [0.2, 0.25) is 0 Å². The van der Waals surface area contributed by atoms with Crippen LogP contribution in [0.3, 0.4) is 0 Å². The topological polar surface area (TPSA) is 49.4 Å². The molecule has 1 fully saturated rings. The number of hydrogen-bond donors (Lipinski definition) is 1. The molecule has 114 valence electrons. The van der Waals surface area contributed by atoms with Gasteiger partial charge >= 0.3 is 0 Å². The molecule has 2 atom stereocenters. The summed E-state index contributed by atoms with van der Waals surface area (Å²) >= 11 is 1.67.